The van der Waals surface area contributed by atoms with Crippen LogP contribution in [0.2, 0.25) is 0 Å². The van der Waals surface area contributed by atoms with E-state index in [1.807, 2.05) is 12.1 Å². The molecule has 2 nitrogen and oxygen atoms in total. The average molecular weight is 338 g/mol. The Morgan fingerprint density at radius 3 is 3.00 bits per heavy atom. The van der Waals surface area contributed by atoms with Crippen molar-refractivity contribution in [3.63, 3.8) is 0 Å². The molecule has 19 heavy (non-hydrogen) atoms. The van der Waals surface area contributed by atoms with Crippen LogP contribution in [0.3, 0.4) is 0 Å². The number of hydrogen-bond donors (Lipinski definition) is 0. The fraction of sp³-hybridized carbons (Fsp3) is 0.400. The average Bonchev–Trinajstić information content (AvgIpc) is 2.90. The van der Waals surface area contributed by atoms with E-state index in [0.29, 0.717) is 0 Å². The van der Waals surface area contributed by atoms with Crippen LogP contribution in [0, 0.1) is 0 Å². The maximum Gasteiger partial charge on any atom is 0.125 e. The van der Waals surface area contributed by atoms with E-state index in [9.17, 15) is 0 Å². The first-order chi connectivity index (χ1) is 9.17. The van der Waals surface area contributed by atoms with E-state index in [4.69, 9.17) is 9.72 Å². The van der Waals surface area contributed by atoms with Gasteiger partial charge >= 0.3 is 0 Å². The standard InChI is InChI=1S/C15H16BrNOS/c1-15(7-2-3-8-18-15)14-17-13(10-19-14)11-5-4-6-12(16)9-11/h4-6,9-10H,2-3,7-8H2,1H3. The predicted molar refractivity (Wildman–Crippen MR) is 82.4 cm³/mol. The Morgan fingerprint density at radius 1 is 1.37 bits per heavy atom. The SMILES string of the molecule is CC1(c2nc(-c3cccc(Br)c3)cs2)CCCCO1. The molecule has 0 aliphatic carbocycles. The topological polar surface area (TPSA) is 22.1 Å². The highest BCUT2D eigenvalue weighted by molar-refractivity contribution is 9.10. The highest BCUT2D eigenvalue weighted by atomic mass is 79.9. The molecule has 1 aliphatic rings. The van der Waals surface area contributed by atoms with Gasteiger partial charge in [-0.05, 0) is 38.3 Å². The molecule has 1 aromatic heterocycles. The van der Waals surface area contributed by atoms with Crippen molar-refractivity contribution in [3.05, 3.63) is 39.1 Å². The molecule has 0 bridgehead atoms. The summed E-state index contributed by atoms with van der Waals surface area (Å²) in [7, 11) is 0. The van der Waals surface area contributed by atoms with E-state index >= 15 is 0 Å². The predicted octanol–water partition coefficient (Wildman–Crippen LogP) is 4.99. The molecule has 0 N–H and O–H groups in total. The molecular weight excluding hydrogens is 322 g/mol. The Balaban J connectivity index is 1.91. The van der Waals surface area contributed by atoms with Crippen molar-refractivity contribution in [2.75, 3.05) is 6.61 Å². The number of hydrogen-bond acceptors (Lipinski definition) is 3. The first-order valence-corrected chi connectivity index (χ1v) is 8.21. The smallest absolute Gasteiger partial charge is 0.125 e. The third kappa shape index (κ3) is 2.76. The maximum atomic E-state index is 5.96. The molecule has 0 amide bonds. The largest absolute Gasteiger partial charge is 0.368 e. The number of benzene rings is 1. The van der Waals surface area contributed by atoms with E-state index in [2.05, 4.69) is 40.4 Å². The van der Waals surface area contributed by atoms with Gasteiger partial charge in [0.05, 0.1) is 5.69 Å². The lowest BCUT2D eigenvalue weighted by Gasteiger charge is -2.31. The number of halogens is 1. The third-order valence-corrected chi connectivity index (χ3v) is 5.13. The van der Waals surface area contributed by atoms with Gasteiger partial charge in [-0.1, -0.05) is 28.1 Å². The normalized spacial score (nSPS) is 23.5. The van der Waals surface area contributed by atoms with E-state index in [-0.39, 0.29) is 5.60 Å². The van der Waals surface area contributed by atoms with Gasteiger partial charge in [0.1, 0.15) is 10.6 Å². The van der Waals surface area contributed by atoms with Gasteiger partial charge in [-0.15, -0.1) is 11.3 Å². The van der Waals surface area contributed by atoms with Crippen molar-refractivity contribution in [3.8, 4) is 11.3 Å². The zero-order valence-corrected chi connectivity index (χ0v) is 13.3. The Labute approximate surface area is 126 Å². The monoisotopic (exact) mass is 337 g/mol. The molecule has 1 atom stereocenters. The quantitative estimate of drug-likeness (QED) is 0.770. The van der Waals surface area contributed by atoms with Gasteiger partial charge in [-0.25, -0.2) is 4.98 Å². The minimum absolute atomic E-state index is 0.187. The van der Waals surface area contributed by atoms with Crippen LogP contribution in [0.5, 0.6) is 0 Å². The lowest BCUT2D eigenvalue weighted by atomic mass is 9.97. The highest BCUT2D eigenvalue weighted by Gasteiger charge is 2.33. The fourth-order valence-corrected chi connectivity index (χ4v) is 3.77. The molecular formula is C15H16BrNOS. The summed E-state index contributed by atoms with van der Waals surface area (Å²) in [6.45, 7) is 3.01. The molecule has 1 saturated heterocycles. The summed E-state index contributed by atoms with van der Waals surface area (Å²) in [4.78, 5) is 4.79. The minimum Gasteiger partial charge on any atom is -0.368 e. The molecule has 1 fully saturated rings. The molecule has 1 aliphatic heterocycles. The van der Waals surface area contributed by atoms with E-state index < -0.39 is 0 Å². The Bertz CT molecular complexity index is 575. The van der Waals surface area contributed by atoms with Crippen LogP contribution in [-0.2, 0) is 10.3 Å². The Morgan fingerprint density at radius 2 is 2.26 bits per heavy atom. The van der Waals surface area contributed by atoms with Gasteiger partial charge < -0.3 is 4.74 Å². The van der Waals surface area contributed by atoms with E-state index in [0.717, 1.165) is 33.8 Å². The van der Waals surface area contributed by atoms with Gasteiger partial charge in [0.15, 0.2) is 0 Å². The summed E-state index contributed by atoms with van der Waals surface area (Å²) in [6, 6.07) is 8.26. The van der Waals surface area contributed by atoms with Gasteiger partial charge in [-0.2, -0.15) is 0 Å². The molecule has 1 aromatic carbocycles. The van der Waals surface area contributed by atoms with Crippen molar-refractivity contribution < 1.29 is 4.74 Å². The van der Waals surface area contributed by atoms with Crippen LogP contribution in [0.4, 0.5) is 0 Å². The van der Waals surface area contributed by atoms with E-state index in [1.165, 1.54) is 12.8 Å². The maximum absolute atomic E-state index is 5.96. The molecule has 0 spiro atoms. The van der Waals surface area contributed by atoms with Crippen molar-refractivity contribution in [1.82, 2.24) is 4.98 Å². The fourth-order valence-electron chi connectivity index (χ4n) is 2.40. The Kier molecular flexibility index (Phi) is 3.74. The first-order valence-electron chi connectivity index (χ1n) is 6.53. The summed E-state index contributed by atoms with van der Waals surface area (Å²) in [5, 5.41) is 3.22. The highest BCUT2D eigenvalue weighted by Crippen LogP contribution is 2.38. The second kappa shape index (κ2) is 5.35. The van der Waals surface area contributed by atoms with Gasteiger partial charge in [0, 0.05) is 22.0 Å². The van der Waals surface area contributed by atoms with Crippen molar-refractivity contribution >= 4 is 27.3 Å². The molecule has 0 saturated carbocycles. The molecule has 2 heterocycles. The van der Waals surface area contributed by atoms with Crippen molar-refractivity contribution in [1.29, 1.82) is 0 Å². The van der Waals surface area contributed by atoms with Gasteiger partial charge in [0.2, 0.25) is 0 Å². The number of rotatable bonds is 2. The summed E-state index contributed by atoms with van der Waals surface area (Å²) in [5.74, 6) is 0. The molecule has 2 aromatic rings. The van der Waals surface area contributed by atoms with Crippen LogP contribution in [0.25, 0.3) is 11.3 Å². The Hall–Kier alpha value is -0.710. The number of aromatic nitrogens is 1. The van der Waals surface area contributed by atoms with Crippen LogP contribution < -0.4 is 0 Å². The zero-order chi connectivity index (χ0) is 13.3. The number of thiazole rings is 1. The van der Waals surface area contributed by atoms with Crippen LogP contribution in [0.1, 0.15) is 31.2 Å². The van der Waals surface area contributed by atoms with Gasteiger partial charge in [-0.3, -0.25) is 0 Å². The lowest BCUT2D eigenvalue weighted by Crippen LogP contribution is -2.29. The molecule has 100 valence electrons. The lowest BCUT2D eigenvalue weighted by molar-refractivity contribution is -0.0701. The summed E-state index contributed by atoms with van der Waals surface area (Å²) >= 11 is 5.21. The van der Waals surface area contributed by atoms with Crippen LogP contribution in [0.15, 0.2) is 34.1 Å². The molecule has 3 rings (SSSR count). The first kappa shape index (κ1) is 13.3. The van der Waals surface area contributed by atoms with Crippen LogP contribution in [-0.4, -0.2) is 11.6 Å². The molecule has 1 unspecified atom stereocenters. The zero-order valence-electron chi connectivity index (χ0n) is 10.9. The summed E-state index contributed by atoms with van der Waals surface area (Å²) in [6.07, 6.45) is 3.46. The number of nitrogens with zero attached hydrogens (tertiary/aromatic N) is 1. The summed E-state index contributed by atoms with van der Waals surface area (Å²) < 4.78 is 7.05. The van der Waals surface area contributed by atoms with E-state index in [1.54, 1.807) is 11.3 Å². The van der Waals surface area contributed by atoms with Crippen molar-refractivity contribution in [2.45, 2.75) is 31.8 Å². The minimum atomic E-state index is -0.187. The van der Waals surface area contributed by atoms with Gasteiger partial charge in [0.25, 0.3) is 0 Å². The van der Waals surface area contributed by atoms with Crippen molar-refractivity contribution in [2.24, 2.45) is 0 Å². The number of ether oxygens (including phenoxy) is 1. The molecule has 0 radical (unpaired) electrons. The molecule has 4 heteroatoms. The summed E-state index contributed by atoms with van der Waals surface area (Å²) in [5.41, 5.74) is 2.00. The third-order valence-electron chi connectivity index (χ3n) is 3.55. The second-order valence-electron chi connectivity index (χ2n) is 5.08. The van der Waals surface area contributed by atoms with Crippen LogP contribution >= 0.6 is 27.3 Å². The second-order valence-corrected chi connectivity index (χ2v) is 6.86.